The topological polar surface area (TPSA) is 115 Å². The highest BCUT2D eigenvalue weighted by atomic mass is 79.9. The third-order valence-corrected chi connectivity index (χ3v) is 6.50. The molecular weight excluding hydrogens is 666 g/mol. The molecule has 184 valence electrons. The van der Waals surface area contributed by atoms with E-state index in [0.717, 1.165) is 0 Å². The van der Waals surface area contributed by atoms with Crippen molar-refractivity contribution in [1.82, 2.24) is 10.7 Å². The van der Waals surface area contributed by atoms with E-state index in [1.54, 1.807) is 48.5 Å². The largest absolute Gasteiger partial charge is 0.454 e. The summed E-state index contributed by atoms with van der Waals surface area (Å²) in [6.45, 7) is -0.212. The van der Waals surface area contributed by atoms with E-state index in [-0.39, 0.29) is 19.1 Å². The molecule has 0 saturated heterocycles. The molecule has 1 heterocycles. The van der Waals surface area contributed by atoms with Crippen molar-refractivity contribution in [2.75, 3.05) is 13.3 Å². The quantitative estimate of drug-likeness (QED) is 0.160. The molecule has 0 bridgehead atoms. The number of fused-ring (bicyclic) bond motifs is 1. The van der Waals surface area contributed by atoms with Crippen molar-refractivity contribution < 1.29 is 28.6 Å². The summed E-state index contributed by atoms with van der Waals surface area (Å²) in [6.07, 6.45) is 1.33. The summed E-state index contributed by atoms with van der Waals surface area (Å²) in [5.41, 5.74) is 3.42. The lowest BCUT2D eigenvalue weighted by Gasteiger charge is -2.11. The molecule has 3 aromatic rings. The van der Waals surface area contributed by atoms with Crippen molar-refractivity contribution in [1.29, 1.82) is 0 Å². The van der Waals surface area contributed by atoms with E-state index in [1.807, 2.05) is 0 Å². The Morgan fingerprint density at radius 2 is 1.75 bits per heavy atom. The zero-order valence-electron chi connectivity index (χ0n) is 18.2. The molecule has 3 aromatic carbocycles. The first-order valence-electron chi connectivity index (χ1n) is 10.3. The van der Waals surface area contributed by atoms with Crippen LogP contribution in [-0.2, 0) is 4.79 Å². The van der Waals surface area contributed by atoms with Crippen molar-refractivity contribution in [3.05, 3.63) is 84.7 Å². The number of esters is 1. The minimum absolute atomic E-state index is 0.0973. The van der Waals surface area contributed by atoms with Crippen molar-refractivity contribution in [2.24, 2.45) is 5.10 Å². The van der Waals surface area contributed by atoms with E-state index < -0.39 is 17.8 Å². The van der Waals surface area contributed by atoms with Gasteiger partial charge in [0.2, 0.25) is 6.79 Å². The number of benzene rings is 3. The average Bonchev–Trinajstić information content (AvgIpc) is 3.32. The number of hydrogen-bond donors (Lipinski definition) is 2. The summed E-state index contributed by atoms with van der Waals surface area (Å²) >= 11 is 10.1. The van der Waals surface area contributed by atoms with Gasteiger partial charge in [0.25, 0.3) is 11.8 Å². The third kappa shape index (κ3) is 6.31. The van der Waals surface area contributed by atoms with Crippen molar-refractivity contribution in [3.8, 4) is 17.2 Å². The van der Waals surface area contributed by atoms with Gasteiger partial charge in [-0.3, -0.25) is 9.59 Å². The van der Waals surface area contributed by atoms with Crippen molar-refractivity contribution in [2.45, 2.75) is 0 Å². The van der Waals surface area contributed by atoms with Crippen LogP contribution in [0.2, 0.25) is 0 Å². The lowest BCUT2D eigenvalue weighted by Crippen LogP contribution is -2.34. The summed E-state index contributed by atoms with van der Waals surface area (Å²) in [7, 11) is 0. The van der Waals surface area contributed by atoms with E-state index in [2.05, 4.69) is 63.6 Å². The molecule has 0 aromatic heterocycles. The predicted molar refractivity (Wildman–Crippen MR) is 142 cm³/mol. The number of ether oxygens (including phenoxy) is 3. The Labute approximate surface area is 230 Å². The summed E-state index contributed by atoms with van der Waals surface area (Å²) in [6, 6.07) is 15.0. The Bertz CT molecular complexity index is 1380. The summed E-state index contributed by atoms with van der Waals surface area (Å²) in [5, 5.41) is 6.43. The number of carbonyl (C=O) groups is 3. The summed E-state index contributed by atoms with van der Waals surface area (Å²) in [5.74, 6) is -0.346. The van der Waals surface area contributed by atoms with Gasteiger partial charge in [0.05, 0.1) is 22.8 Å². The first kappa shape index (κ1) is 25.9. The molecule has 9 nitrogen and oxygen atoms in total. The van der Waals surface area contributed by atoms with Crippen LogP contribution in [0.4, 0.5) is 0 Å². The fraction of sp³-hybridized carbons (Fsp3) is 0.0833. The van der Waals surface area contributed by atoms with E-state index in [1.165, 1.54) is 12.3 Å². The predicted octanol–water partition coefficient (Wildman–Crippen LogP) is 4.80. The monoisotopic (exact) mass is 679 g/mol. The van der Waals surface area contributed by atoms with Crippen LogP contribution in [-0.4, -0.2) is 37.3 Å². The fourth-order valence-electron chi connectivity index (χ4n) is 3.07. The molecule has 1 aliphatic heterocycles. The van der Waals surface area contributed by atoms with Gasteiger partial charge in [-0.1, -0.05) is 28.1 Å². The van der Waals surface area contributed by atoms with Gasteiger partial charge in [-0.05, 0) is 74.3 Å². The molecule has 2 amide bonds. The molecule has 0 unspecified atom stereocenters. The van der Waals surface area contributed by atoms with Crippen molar-refractivity contribution in [3.63, 3.8) is 0 Å². The van der Waals surface area contributed by atoms with Gasteiger partial charge in [0, 0.05) is 20.1 Å². The molecule has 1 aliphatic rings. The number of nitrogens with one attached hydrogen (secondary N) is 2. The zero-order chi connectivity index (χ0) is 25.7. The number of hydrogen-bond acceptors (Lipinski definition) is 7. The van der Waals surface area contributed by atoms with Gasteiger partial charge >= 0.3 is 5.97 Å². The minimum Gasteiger partial charge on any atom is -0.454 e. The second kappa shape index (κ2) is 11.7. The number of rotatable bonds is 7. The van der Waals surface area contributed by atoms with E-state index in [4.69, 9.17) is 14.2 Å². The van der Waals surface area contributed by atoms with Crippen LogP contribution in [0.5, 0.6) is 17.2 Å². The Balaban J connectivity index is 1.38. The van der Waals surface area contributed by atoms with Gasteiger partial charge in [0.15, 0.2) is 17.2 Å². The molecule has 0 saturated carbocycles. The molecule has 0 fully saturated rings. The molecule has 0 radical (unpaired) electrons. The van der Waals surface area contributed by atoms with Crippen LogP contribution in [0.1, 0.15) is 26.3 Å². The Morgan fingerprint density at radius 3 is 2.56 bits per heavy atom. The average molecular weight is 682 g/mol. The van der Waals surface area contributed by atoms with Crippen LogP contribution >= 0.6 is 47.8 Å². The Kier molecular flexibility index (Phi) is 8.39. The number of nitrogens with zero attached hydrogens (tertiary/aromatic N) is 1. The van der Waals surface area contributed by atoms with Gasteiger partial charge in [-0.2, -0.15) is 5.10 Å². The summed E-state index contributed by atoms with van der Waals surface area (Å²) in [4.78, 5) is 37.2. The maximum absolute atomic E-state index is 12.7. The SMILES string of the molecule is O=C(CNC(=O)c1ccc2c(c1)OCO2)N/N=C\c1cc(Br)cc(Br)c1OC(=O)c1ccccc1Br. The van der Waals surface area contributed by atoms with Gasteiger partial charge < -0.3 is 19.5 Å². The smallest absolute Gasteiger partial charge is 0.344 e. The lowest BCUT2D eigenvalue weighted by molar-refractivity contribution is -0.120. The first-order chi connectivity index (χ1) is 17.3. The maximum Gasteiger partial charge on any atom is 0.344 e. The second-order valence-electron chi connectivity index (χ2n) is 7.22. The molecule has 4 rings (SSSR count). The molecule has 0 atom stereocenters. The maximum atomic E-state index is 12.7. The number of amides is 2. The summed E-state index contributed by atoms with van der Waals surface area (Å²) < 4.78 is 17.8. The van der Waals surface area contributed by atoms with E-state index >= 15 is 0 Å². The molecule has 12 heteroatoms. The van der Waals surface area contributed by atoms with Crippen LogP contribution in [0.3, 0.4) is 0 Å². The lowest BCUT2D eigenvalue weighted by atomic mass is 10.2. The zero-order valence-corrected chi connectivity index (χ0v) is 23.0. The number of carbonyl (C=O) groups excluding carboxylic acids is 3. The molecule has 2 N–H and O–H groups in total. The second-order valence-corrected chi connectivity index (χ2v) is 9.84. The van der Waals surface area contributed by atoms with Gasteiger partial charge in [-0.25, -0.2) is 10.2 Å². The first-order valence-corrected chi connectivity index (χ1v) is 12.6. The molecule has 36 heavy (non-hydrogen) atoms. The molecular formula is C24H16Br3N3O6. The highest BCUT2D eigenvalue weighted by molar-refractivity contribution is 9.11. The molecule has 0 spiro atoms. The minimum atomic E-state index is -0.574. The number of halogens is 3. The van der Waals surface area contributed by atoms with Crippen LogP contribution in [0, 0.1) is 0 Å². The van der Waals surface area contributed by atoms with Crippen LogP contribution < -0.4 is 25.0 Å². The number of hydrazone groups is 1. The van der Waals surface area contributed by atoms with Gasteiger partial charge in [-0.15, -0.1) is 0 Å². The highest BCUT2D eigenvalue weighted by Crippen LogP contribution is 2.34. The highest BCUT2D eigenvalue weighted by Gasteiger charge is 2.18. The van der Waals surface area contributed by atoms with Gasteiger partial charge in [0.1, 0.15) is 0 Å². The normalized spacial score (nSPS) is 11.9. The van der Waals surface area contributed by atoms with E-state index in [0.29, 0.717) is 41.6 Å². The van der Waals surface area contributed by atoms with E-state index in [9.17, 15) is 14.4 Å². The van der Waals surface area contributed by atoms with Crippen molar-refractivity contribution >= 4 is 71.8 Å². The standard InChI is InChI=1S/C24H16Br3N3O6/c25-15-7-14(22(18(27)9-15)36-24(33)16-3-1-2-4-17(16)26)10-29-30-21(31)11-28-23(32)13-5-6-19-20(8-13)35-12-34-19/h1-10H,11-12H2,(H,28,32)(H,30,31)/b29-10-. The fourth-order valence-corrected chi connectivity index (χ4v) is 4.86. The Morgan fingerprint density at radius 1 is 0.972 bits per heavy atom. The Hall–Kier alpha value is -3.22. The third-order valence-electron chi connectivity index (χ3n) is 4.76. The van der Waals surface area contributed by atoms with Crippen LogP contribution in [0.15, 0.2) is 73.1 Å². The molecule has 0 aliphatic carbocycles. The van der Waals surface area contributed by atoms with Crippen LogP contribution in [0.25, 0.3) is 0 Å².